The molecule has 0 saturated heterocycles. The van der Waals surface area contributed by atoms with Crippen molar-refractivity contribution in [2.75, 3.05) is 13.2 Å². The summed E-state index contributed by atoms with van der Waals surface area (Å²) in [6.45, 7) is 8.30. The first-order valence-corrected chi connectivity index (χ1v) is 6.99. The summed E-state index contributed by atoms with van der Waals surface area (Å²) in [5.41, 5.74) is 0. The molecule has 1 fully saturated rings. The SMILES string of the molecule is CC(C)C(CCO)NCC1CCCCC1C. The number of nitrogens with one attached hydrogen (secondary N) is 1. The first kappa shape index (κ1) is 14.0. The van der Waals surface area contributed by atoms with Crippen LogP contribution < -0.4 is 5.32 Å². The lowest BCUT2D eigenvalue weighted by Crippen LogP contribution is -2.39. The molecule has 0 heterocycles. The van der Waals surface area contributed by atoms with Crippen LogP contribution in [0, 0.1) is 17.8 Å². The molecule has 3 atom stereocenters. The number of hydrogen-bond donors (Lipinski definition) is 2. The molecule has 1 saturated carbocycles. The van der Waals surface area contributed by atoms with E-state index in [0.29, 0.717) is 18.6 Å². The molecule has 2 heteroatoms. The van der Waals surface area contributed by atoms with E-state index in [1.807, 2.05) is 0 Å². The summed E-state index contributed by atoms with van der Waals surface area (Å²) in [6.07, 6.45) is 6.50. The van der Waals surface area contributed by atoms with Gasteiger partial charge in [-0.15, -0.1) is 0 Å². The Morgan fingerprint density at radius 3 is 2.50 bits per heavy atom. The van der Waals surface area contributed by atoms with E-state index in [1.54, 1.807) is 0 Å². The van der Waals surface area contributed by atoms with E-state index in [2.05, 4.69) is 26.1 Å². The van der Waals surface area contributed by atoms with Crippen LogP contribution in [0.1, 0.15) is 52.9 Å². The summed E-state index contributed by atoms with van der Waals surface area (Å²) >= 11 is 0. The number of aliphatic hydroxyl groups is 1. The van der Waals surface area contributed by atoms with Gasteiger partial charge in [0.2, 0.25) is 0 Å². The number of hydrogen-bond acceptors (Lipinski definition) is 2. The van der Waals surface area contributed by atoms with Crippen LogP contribution in [0.3, 0.4) is 0 Å². The van der Waals surface area contributed by atoms with Crippen molar-refractivity contribution in [3.05, 3.63) is 0 Å². The van der Waals surface area contributed by atoms with E-state index >= 15 is 0 Å². The van der Waals surface area contributed by atoms with Gasteiger partial charge in [-0.2, -0.15) is 0 Å². The van der Waals surface area contributed by atoms with Gasteiger partial charge in [0.15, 0.2) is 0 Å². The predicted molar refractivity (Wildman–Crippen MR) is 69.5 cm³/mol. The van der Waals surface area contributed by atoms with E-state index in [-0.39, 0.29) is 0 Å². The highest BCUT2D eigenvalue weighted by Gasteiger charge is 2.22. The Kier molecular flexibility index (Phi) is 6.37. The minimum atomic E-state index is 0.302. The number of rotatable bonds is 6. The number of aliphatic hydroxyl groups excluding tert-OH is 1. The normalized spacial score (nSPS) is 28.3. The van der Waals surface area contributed by atoms with E-state index in [1.165, 1.54) is 25.7 Å². The lowest BCUT2D eigenvalue weighted by molar-refractivity contribution is 0.209. The van der Waals surface area contributed by atoms with E-state index in [0.717, 1.165) is 24.8 Å². The quantitative estimate of drug-likeness (QED) is 0.731. The Balaban J connectivity index is 2.29. The molecular weight excluding hydrogens is 198 g/mol. The lowest BCUT2D eigenvalue weighted by atomic mass is 9.80. The van der Waals surface area contributed by atoms with Crippen LogP contribution in [-0.2, 0) is 0 Å². The standard InChI is InChI=1S/C14H29NO/c1-11(2)14(8-9-16)15-10-13-7-5-4-6-12(13)3/h11-16H,4-10H2,1-3H3. The molecule has 0 aromatic rings. The highest BCUT2D eigenvalue weighted by molar-refractivity contribution is 4.77. The molecule has 1 rings (SSSR count). The summed E-state index contributed by atoms with van der Waals surface area (Å²) < 4.78 is 0. The summed E-state index contributed by atoms with van der Waals surface area (Å²) in [5, 5.41) is 12.7. The molecular formula is C14H29NO. The van der Waals surface area contributed by atoms with Crippen LogP contribution in [0.15, 0.2) is 0 Å². The molecule has 0 spiro atoms. The molecule has 0 bridgehead atoms. The molecule has 0 aliphatic heterocycles. The summed E-state index contributed by atoms with van der Waals surface area (Å²) in [7, 11) is 0. The third-order valence-corrected chi connectivity index (χ3v) is 4.18. The minimum Gasteiger partial charge on any atom is -0.396 e. The van der Waals surface area contributed by atoms with Gasteiger partial charge in [0.25, 0.3) is 0 Å². The second kappa shape index (κ2) is 7.29. The van der Waals surface area contributed by atoms with Gasteiger partial charge in [-0.3, -0.25) is 0 Å². The second-order valence-electron chi connectivity index (χ2n) is 5.79. The first-order valence-electron chi connectivity index (χ1n) is 6.99. The largest absolute Gasteiger partial charge is 0.396 e. The third-order valence-electron chi connectivity index (χ3n) is 4.18. The fraction of sp³-hybridized carbons (Fsp3) is 1.00. The maximum absolute atomic E-state index is 9.03. The molecule has 0 aromatic heterocycles. The maximum atomic E-state index is 9.03. The van der Waals surface area contributed by atoms with Gasteiger partial charge in [-0.1, -0.05) is 40.0 Å². The highest BCUT2D eigenvalue weighted by atomic mass is 16.3. The Morgan fingerprint density at radius 2 is 1.94 bits per heavy atom. The van der Waals surface area contributed by atoms with Crippen LogP contribution in [0.2, 0.25) is 0 Å². The van der Waals surface area contributed by atoms with Crippen molar-refractivity contribution in [3.8, 4) is 0 Å². The van der Waals surface area contributed by atoms with Crippen LogP contribution in [0.25, 0.3) is 0 Å². The van der Waals surface area contributed by atoms with Crippen molar-refractivity contribution in [2.45, 2.75) is 58.9 Å². The van der Waals surface area contributed by atoms with Crippen molar-refractivity contribution < 1.29 is 5.11 Å². The van der Waals surface area contributed by atoms with E-state index in [9.17, 15) is 0 Å². The topological polar surface area (TPSA) is 32.3 Å². The molecule has 1 aliphatic rings. The van der Waals surface area contributed by atoms with Gasteiger partial charge in [0.1, 0.15) is 0 Å². The van der Waals surface area contributed by atoms with Crippen molar-refractivity contribution in [2.24, 2.45) is 17.8 Å². The smallest absolute Gasteiger partial charge is 0.0445 e. The Morgan fingerprint density at radius 1 is 1.25 bits per heavy atom. The van der Waals surface area contributed by atoms with Crippen LogP contribution in [-0.4, -0.2) is 24.3 Å². The molecule has 1 aliphatic carbocycles. The van der Waals surface area contributed by atoms with Crippen molar-refractivity contribution >= 4 is 0 Å². The summed E-state index contributed by atoms with van der Waals surface area (Å²) in [5.74, 6) is 2.35. The average Bonchev–Trinajstić information content (AvgIpc) is 2.26. The van der Waals surface area contributed by atoms with Gasteiger partial charge in [0, 0.05) is 12.6 Å². The van der Waals surface area contributed by atoms with Gasteiger partial charge in [0.05, 0.1) is 0 Å². The average molecular weight is 227 g/mol. The monoisotopic (exact) mass is 227 g/mol. The molecule has 16 heavy (non-hydrogen) atoms. The molecule has 0 aromatic carbocycles. The molecule has 0 amide bonds. The maximum Gasteiger partial charge on any atom is 0.0445 e. The molecule has 2 nitrogen and oxygen atoms in total. The summed E-state index contributed by atoms with van der Waals surface area (Å²) in [6, 6.07) is 0.485. The van der Waals surface area contributed by atoms with Crippen molar-refractivity contribution in [1.29, 1.82) is 0 Å². The van der Waals surface area contributed by atoms with E-state index in [4.69, 9.17) is 5.11 Å². The van der Waals surface area contributed by atoms with E-state index < -0.39 is 0 Å². The van der Waals surface area contributed by atoms with Gasteiger partial charge in [-0.25, -0.2) is 0 Å². The zero-order valence-electron chi connectivity index (χ0n) is 11.2. The summed E-state index contributed by atoms with van der Waals surface area (Å²) in [4.78, 5) is 0. The van der Waals surface area contributed by atoms with Crippen LogP contribution in [0.4, 0.5) is 0 Å². The second-order valence-corrected chi connectivity index (χ2v) is 5.79. The molecule has 3 unspecified atom stereocenters. The molecule has 0 radical (unpaired) electrons. The fourth-order valence-electron chi connectivity index (χ4n) is 2.81. The highest BCUT2D eigenvalue weighted by Crippen LogP contribution is 2.29. The minimum absolute atomic E-state index is 0.302. The van der Waals surface area contributed by atoms with Crippen LogP contribution in [0.5, 0.6) is 0 Å². The fourth-order valence-corrected chi connectivity index (χ4v) is 2.81. The lowest BCUT2D eigenvalue weighted by Gasteiger charge is -2.31. The Hall–Kier alpha value is -0.0800. The Labute approximate surface area is 101 Å². The van der Waals surface area contributed by atoms with Gasteiger partial charge in [-0.05, 0) is 37.1 Å². The Bertz CT molecular complexity index is 178. The van der Waals surface area contributed by atoms with Gasteiger partial charge < -0.3 is 10.4 Å². The zero-order chi connectivity index (χ0) is 12.0. The van der Waals surface area contributed by atoms with Crippen LogP contribution >= 0.6 is 0 Å². The zero-order valence-corrected chi connectivity index (χ0v) is 11.2. The predicted octanol–water partition coefficient (Wildman–Crippen LogP) is 2.81. The van der Waals surface area contributed by atoms with Crippen molar-refractivity contribution in [3.63, 3.8) is 0 Å². The third kappa shape index (κ3) is 4.42. The molecule has 96 valence electrons. The molecule has 2 N–H and O–H groups in total. The van der Waals surface area contributed by atoms with Crippen molar-refractivity contribution in [1.82, 2.24) is 5.32 Å². The first-order chi connectivity index (χ1) is 7.65. The van der Waals surface area contributed by atoms with Gasteiger partial charge >= 0.3 is 0 Å².